The zero-order chi connectivity index (χ0) is 18.0. The van der Waals surface area contributed by atoms with Gasteiger partial charge in [0.2, 0.25) is 5.91 Å². The molecule has 1 heterocycles. The van der Waals surface area contributed by atoms with Crippen molar-refractivity contribution in [1.82, 2.24) is 4.90 Å². The number of likely N-dealkylation sites (tertiary alicyclic amines) is 1. The summed E-state index contributed by atoms with van der Waals surface area (Å²) in [5.74, 6) is -0.790. The molecule has 130 valence electrons. The molecular formula is C19H18ClFN2O2. The van der Waals surface area contributed by atoms with E-state index in [-0.39, 0.29) is 23.5 Å². The van der Waals surface area contributed by atoms with Crippen LogP contribution in [0.5, 0.6) is 0 Å². The van der Waals surface area contributed by atoms with Crippen molar-refractivity contribution >= 4 is 29.1 Å². The van der Waals surface area contributed by atoms with E-state index in [1.165, 1.54) is 23.1 Å². The zero-order valence-electron chi connectivity index (χ0n) is 13.8. The first-order valence-corrected chi connectivity index (χ1v) is 8.45. The van der Waals surface area contributed by atoms with Gasteiger partial charge in [-0.3, -0.25) is 14.5 Å². The van der Waals surface area contributed by atoms with E-state index in [0.717, 1.165) is 12.0 Å². The summed E-state index contributed by atoms with van der Waals surface area (Å²) >= 11 is 5.89. The molecule has 1 aliphatic heterocycles. The number of hydrogen-bond acceptors (Lipinski definition) is 2. The van der Waals surface area contributed by atoms with Crippen LogP contribution in [0.15, 0.2) is 42.5 Å². The van der Waals surface area contributed by atoms with Gasteiger partial charge in [0.1, 0.15) is 12.5 Å². The highest BCUT2D eigenvalue weighted by Gasteiger charge is 2.27. The molecule has 0 unspecified atom stereocenters. The quantitative estimate of drug-likeness (QED) is 0.826. The molecule has 0 N–H and O–H groups in total. The second-order valence-corrected chi connectivity index (χ2v) is 6.46. The summed E-state index contributed by atoms with van der Waals surface area (Å²) < 4.78 is 13.5. The van der Waals surface area contributed by atoms with Crippen LogP contribution in [0.4, 0.5) is 10.1 Å². The minimum atomic E-state index is -0.550. The standard InChI is InChI=1S/C19H18ClFN2O2/c1-13-5-2-3-6-15(13)19(25)23(12-22-10-4-7-18(22)24)14-8-9-17(21)16(20)11-14/h2-3,5-6,8-9,11H,4,7,10,12H2,1H3. The van der Waals surface area contributed by atoms with E-state index >= 15 is 0 Å². The summed E-state index contributed by atoms with van der Waals surface area (Å²) in [5, 5.41) is -0.0622. The number of halogens is 2. The Labute approximate surface area is 150 Å². The molecule has 1 saturated heterocycles. The Morgan fingerprint density at radius 1 is 1.28 bits per heavy atom. The smallest absolute Gasteiger partial charge is 0.260 e. The van der Waals surface area contributed by atoms with Crippen LogP contribution in [0.2, 0.25) is 5.02 Å². The highest BCUT2D eigenvalue weighted by Crippen LogP contribution is 2.26. The summed E-state index contributed by atoms with van der Waals surface area (Å²) in [4.78, 5) is 28.2. The van der Waals surface area contributed by atoms with E-state index in [4.69, 9.17) is 11.6 Å². The molecule has 0 atom stereocenters. The summed E-state index contributed by atoms with van der Waals surface area (Å²) in [7, 11) is 0. The first-order chi connectivity index (χ1) is 12.0. The molecule has 0 bridgehead atoms. The third-order valence-corrected chi connectivity index (χ3v) is 4.61. The van der Waals surface area contributed by atoms with Crippen LogP contribution in [0.3, 0.4) is 0 Å². The van der Waals surface area contributed by atoms with Crippen molar-refractivity contribution in [3.63, 3.8) is 0 Å². The fourth-order valence-electron chi connectivity index (χ4n) is 2.90. The van der Waals surface area contributed by atoms with Crippen LogP contribution < -0.4 is 4.90 Å². The lowest BCUT2D eigenvalue weighted by molar-refractivity contribution is -0.127. The topological polar surface area (TPSA) is 40.6 Å². The first kappa shape index (κ1) is 17.4. The number of rotatable bonds is 4. The maximum Gasteiger partial charge on any atom is 0.260 e. The van der Waals surface area contributed by atoms with Gasteiger partial charge in [-0.15, -0.1) is 0 Å². The SMILES string of the molecule is Cc1ccccc1C(=O)N(CN1CCCC1=O)c1ccc(F)c(Cl)c1. The van der Waals surface area contributed by atoms with Crippen molar-refractivity contribution in [3.05, 3.63) is 64.4 Å². The van der Waals surface area contributed by atoms with Gasteiger partial charge < -0.3 is 4.90 Å². The van der Waals surface area contributed by atoms with E-state index in [2.05, 4.69) is 0 Å². The van der Waals surface area contributed by atoms with Crippen LogP contribution in [0, 0.1) is 12.7 Å². The van der Waals surface area contributed by atoms with Crippen LogP contribution in [0.1, 0.15) is 28.8 Å². The normalized spacial score (nSPS) is 14.0. The van der Waals surface area contributed by atoms with Gasteiger partial charge in [-0.2, -0.15) is 0 Å². The molecule has 2 aromatic carbocycles. The fourth-order valence-corrected chi connectivity index (χ4v) is 3.07. The van der Waals surface area contributed by atoms with Crippen LogP contribution >= 0.6 is 11.6 Å². The van der Waals surface area contributed by atoms with Gasteiger partial charge in [0.25, 0.3) is 5.91 Å². The maximum absolute atomic E-state index is 13.5. The Hall–Kier alpha value is -2.40. The molecule has 4 nitrogen and oxygen atoms in total. The van der Waals surface area contributed by atoms with Gasteiger partial charge in [-0.1, -0.05) is 29.8 Å². The van der Waals surface area contributed by atoms with Gasteiger partial charge in [0.15, 0.2) is 0 Å². The Morgan fingerprint density at radius 2 is 2.04 bits per heavy atom. The van der Waals surface area contributed by atoms with Gasteiger partial charge >= 0.3 is 0 Å². The molecule has 25 heavy (non-hydrogen) atoms. The number of amides is 2. The van der Waals surface area contributed by atoms with Gasteiger partial charge in [0.05, 0.1) is 5.02 Å². The maximum atomic E-state index is 13.5. The Kier molecular flexibility index (Phi) is 5.04. The van der Waals surface area contributed by atoms with Gasteiger partial charge in [-0.05, 0) is 43.2 Å². The minimum absolute atomic E-state index is 0.00999. The second-order valence-electron chi connectivity index (χ2n) is 6.05. The Balaban J connectivity index is 1.98. The van der Waals surface area contributed by atoms with Crippen molar-refractivity contribution < 1.29 is 14.0 Å². The number of benzene rings is 2. The molecular weight excluding hydrogens is 343 g/mol. The molecule has 1 fully saturated rings. The average molecular weight is 361 g/mol. The Bertz CT molecular complexity index is 825. The molecule has 0 radical (unpaired) electrons. The van der Waals surface area contributed by atoms with Crippen LogP contribution in [-0.4, -0.2) is 29.9 Å². The average Bonchev–Trinajstić information content (AvgIpc) is 3.00. The van der Waals surface area contributed by atoms with E-state index in [1.54, 1.807) is 17.0 Å². The number of aryl methyl sites for hydroxylation is 1. The van der Waals surface area contributed by atoms with E-state index in [9.17, 15) is 14.0 Å². The lowest BCUT2D eigenvalue weighted by atomic mass is 10.1. The zero-order valence-corrected chi connectivity index (χ0v) is 14.6. The third kappa shape index (κ3) is 3.66. The van der Waals surface area contributed by atoms with Crippen molar-refractivity contribution in [1.29, 1.82) is 0 Å². The molecule has 0 aliphatic carbocycles. The summed E-state index contributed by atoms with van der Waals surface area (Å²) in [6, 6.07) is 11.4. The van der Waals surface area contributed by atoms with Gasteiger partial charge in [0, 0.05) is 24.2 Å². The third-order valence-electron chi connectivity index (χ3n) is 4.32. The lowest BCUT2D eigenvalue weighted by Crippen LogP contribution is -2.42. The molecule has 2 aromatic rings. The summed E-state index contributed by atoms with van der Waals surface area (Å²) in [5.41, 5.74) is 1.83. The lowest BCUT2D eigenvalue weighted by Gasteiger charge is -2.28. The molecule has 2 amide bonds. The second kappa shape index (κ2) is 7.23. The predicted molar refractivity (Wildman–Crippen MR) is 95.2 cm³/mol. The number of nitrogens with zero attached hydrogens (tertiary/aromatic N) is 2. The monoisotopic (exact) mass is 360 g/mol. The van der Waals surface area contributed by atoms with E-state index in [1.807, 2.05) is 19.1 Å². The molecule has 3 rings (SSSR count). The van der Waals surface area contributed by atoms with E-state index in [0.29, 0.717) is 24.2 Å². The molecule has 0 spiro atoms. The predicted octanol–water partition coefficient (Wildman–Crippen LogP) is 4.01. The van der Waals surface area contributed by atoms with Gasteiger partial charge in [-0.25, -0.2) is 4.39 Å². The summed E-state index contributed by atoms with van der Waals surface area (Å²) in [6.45, 7) is 2.57. The fraction of sp³-hybridized carbons (Fsp3) is 0.263. The van der Waals surface area contributed by atoms with Crippen molar-refractivity contribution in [2.75, 3.05) is 18.1 Å². The highest BCUT2D eigenvalue weighted by molar-refractivity contribution is 6.31. The number of carbonyl (C=O) groups is 2. The van der Waals surface area contributed by atoms with Crippen molar-refractivity contribution in [2.45, 2.75) is 19.8 Å². The molecule has 1 aliphatic rings. The molecule has 6 heteroatoms. The first-order valence-electron chi connectivity index (χ1n) is 8.07. The number of anilines is 1. The van der Waals surface area contributed by atoms with Crippen LogP contribution in [0.25, 0.3) is 0 Å². The minimum Gasteiger partial charge on any atom is -0.324 e. The van der Waals surface area contributed by atoms with Crippen molar-refractivity contribution in [3.8, 4) is 0 Å². The van der Waals surface area contributed by atoms with E-state index < -0.39 is 5.82 Å². The number of hydrogen-bond donors (Lipinski definition) is 0. The van der Waals surface area contributed by atoms with Crippen LogP contribution in [-0.2, 0) is 4.79 Å². The molecule has 0 saturated carbocycles. The Morgan fingerprint density at radius 3 is 2.68 bits per heavy atom. The highest BCUT2D eigenvalue weighted by atomic mass is 35.5. The number of carbonyl (C=O) groups excluding carboxylic acids is 2. The molecule has 0 aromatic heterocycles. The van der Waals surface area contributed by atoms with Crippen molar-refractivity contribution in [2.24, 2.45) is 0 Å². The largest absolute Gasteiger partial charge is 0.324 e. The summed E-state index contributed by atoms with van der Waals surface area (Å²) in [6.07, 6.45) is 1.26.